The van der Waals surface area contributed by atoms with E-state index < -0.39 is 10.0 Å². The summed E-state index contributed by atoms with van der Waals surface area (Å²) in [6.07, 6.45) is 0.772. The first-order valence-electron chi connectivity index (χ1n) is 8.93. The molecule has 27 heavy (non-hydrogen) atoms. The summed E-state index contributed by atoms with van der Waals surface area (Å²) >= 11 is 0. The summed E-state index contributed by atoms with van der Waals surface area (Å²) in [6.45, 7) is 2.26. The van der Waals surface area contributed by atoms with Gasteiger partial charge in [0.25, 0.3) is 0 Å². The number of fused-ring (bicyclic) bond motifs is 1. The maximum Gasteiger partial charge on any atom is 0.306 e. The maximum absolute atomic E-state index is 12.5. The fraction of sp³-hybridized carbons (Fsp3) is 0.350. The normalized spacial score (nSPS) is 18.9. The summed E-state index contributed by atoms with van der Waals surface area (Å²) < 4.78 is 32.7. The van der Waals surface area contributed by atoms with Gasteiger partial charge in [-0.05, 0) is 60.6 Å². The second kappa shape index (κ2) is 8.10. The van der Waals surface area contributed by atoms with E-state index in [2.05, 4.69) is 4.72 Å². The van der Waals surface area contributed by atoms with Crippen LogP contribution < -0.4 is 4.72 Å². The minimum atomic E-state index is -3.62. The SMILES string of the molecule is CCOC(=O)CC1c2ccc(O)cc2CC1CNS(=O)(=O)c1ccccc1. The summed E-state index contributed by atoms with van der Waals surface area (Å²) in [5.74, 6) is -0.392. The van der Waals surface area contributed by atoms with Crippen LogP contribution in [-0.2, 0) is 26.0 Å². The molecule has 0 radical (unpaired) electrons. The number of ether oxygens (including phenoxy) is 1. The quantitative estimate of drug-likeness (QED) is 0.710. The van der Waals surface area contributed by atoms with Crippen molar-refractivity contribution in [3.8, 4) is 5.75 Å². The lowest BCUT2D eigenvalue weighted by Gasteiger charge is -2.20. The van der Waals surface area contributed by atoms with Crippen LogP contribution in [0.5, 0.6) is 5.75 Å². The zero-order valence-corrected chi connectivity index (χ0v) is 15.9. The molecule has 1 aliphatic carbocycles. The van der Waals surface area contributed by atoms with Crippen molar-refractivity contribution in [1.29, 1.82) is 0 Å². The topological polar surface area (TPSA) is 92.7 Å². The van der Waals surface area contributed by atoms with Gasteiger partial charge in [0.05, 0.1) is 17.9 Å². The van der Waals surface area contributed by atoms with E-state index in [0.717, 1.165) is 11.1 Å². The van der Waals surface area contributed by atoms with E-state index in [1.165, 1.54) is 0 Å². The van der Waals surface area contributed by atoms with Gasteiger partial charge in [0.15, 0.2) is 0 Å². The summed E-state index contributed by atoms with van der Waals surface area (Å²) in [7, 11) is -3.62. The van der Waals surface area contributed by atoms with Gasteiger partial charge in [0.1, 0.15) is 5.75 Å². The van der Waals surface area contributed by atoms with Crippen molar-refractivity contribution in [2.75, 3.05) is 13.2 Å². The molecule has 2 aromatic rings. The van der Waals surface area contributed by atoms with Crippen LogP contribution in [0.25, 0.3) is 0 Å². The van der Waals surface area contributed by atoms with Gasteiger partial charge in [-0.1, -0.05) is 24.3 Å². The third kappa shape index (κ3) is 4.48. The Morgan fingerprint density at radius 3 is 2.67 bits per heavy atom. The van der Waals surface area contributed by atoms with Crippen molar-refractivity contribution in [3.05, 3.63) is 59.7 Å². The first-order valence-corrected chi connectivity index (χ1v) is 10.4. The van der Waals surface area contributed by atoms with Gasteiger partial charge >= 0.3 is 5.97 Å². The number of sulfonamides is 1. The van der Waals surface area contributed by atoms with Crippen LogP contribution in [0.3, 0.4) is 0 Å². The smallest absolute Gasteiger partial charge is 0.306 e. The first-order chi connectivity index (χ1) is 12.9. The number of benzene rings is 2. The zero-order valence-electron chi connectivity index (χ0n) is 15.1. The highest BCUT2D eigenvalue weighted by molar-refractivity contribution is 7.89. The van der Waals surface area contributed by atoms with Gasteiger partial charge in [-0.25, -0.2) is 13.1 Å². The molecule has 0 spiro atoms. The Bertz CT molecular complexity index is 911. The summed E-state index contributed by atoms with van der Waals surface area (Å²) in [4.78, 5) is 12.2. The highest BCUT2D eigenvalue weighted by Crippen LogP contribution is 2.41. The number of hydrogen-bond donors (Lipinski definition) is 2. The predicted molar refractivity (Wildman–Crippen MR) is 101 cm³/mol. The number of aromatic hydroxyl groups is 1. The minimum Gasteiger partial charge on any atom is -0.508 e. The molecule has 0 saturated carbocycles. The van der Waals surface area contributed by atoms with Crippen LogP contribution in [0.1, 0.15) is 30.4 Å². The molecular formula is C20H23NO5S. The van der Waals surface area contributed by atoms with Crippen LogP contribution in [0.2, 0.25) is 0 Å². The molecule has 6 nitrogen and oxygen atoms in total. The largest absolute Gasteiger partial charge is 0.508 e. The summed E-state index contributed by atoms with van der Waals surface area (Å²) in [6, 6.07) is 13.3. The van der Waals surface area contributed by atoms with E-state index in [1.807, 2.05) is 0 Å². The van der Waals surface area contributed by atoms with Crippen molar-refractivity contribution < 1.29 is 23.1 Å². The van der Waals surface area contributed by atoms with Gasteiger partial charge < -0.3 is 9.84 Å². The van der Waals surface area contributed by atoms with Gasteiger partial charge in [0.2, 0.25) is 10.0 Å². The molecule has 2 N–H and O–H groups in total. The molecule has 3 rings (SSSR count). The first kappa shape index (κ1) is 19.4. The van der Waals surface area contributed by atoms with E-state index in [1.54, 1.807) is 55.5 Å². The molecule has 0 aromatic heterocycles. The minimum absolute atomic E-state index is 0.0929. The van der Waals surface area contributed by atoms with Gasteiger partial charge in [0, 0.05) is 6.54 Å². The van der Waals surface area contributed by atoms with Crippen molar-refractivity contribution in [2.24, 2.45) is 5.92 Å². The number of esters is 1. The Balaban J connectivity index is 1.78. The average Bonchev–Trinajstić information content (AvgIpc) is 2.97. The molecule has 2 unspecified atom stereocenters. The third-order valence-corrected chi connectivity index (χ3v) is 6.30. The number of hydrogen-bond acceptors (Lipinski definition) is 5. The van der Waals surface area contributed by atoms with Crippen molar-refractivity contribution in [1.82, 2.24) is 4.72 Å². The highest BCUT2D eigenvalue weighted by atomic mass is 32.2. The standard InChI is InChI=1S/C20H23NO5S/c1-2-26-20(23)12-19-15(10-14-11-16(22)8-9-18(14)19)13-21-27(24,25)17-6-4-3-5-7-17/h3-9,11,15,19,21-22H,2,10,12-13H2,1H3. The number of carbonyl (C=O) groups excluding carboxylic acids is 1. The van der Waals surface area contributed by atoms with E-state index in [9.17, 15) is 18.3 Å². The fourth-order valence-corrected chi connectivity index (χ4v) is 4.72. The highest BCUT2D eigenvalue weighted by Gasteiger charge is 2.35. The Hall–Kier alpha value is -2.38. The van der Waals surface area contributed by atoms with Crippen molar-refractivity contribution in [3.63, 3.8) is 0 Å². The third-order valence-electron chi connectivity index (χ3n) is 4.86. The summed E-state index contributed by atoms with van der Waals surface area (Å²) in [5.41, 5.74) is 1.90. The van der Waals surface area contributed by atoms with E-state index >= 15 is 0 Å². The predicted octanol–water partition coefficient (Wildman–Crippen LogP) is 2.58. The Labute approximate surface area is 159 Å². The molecule has 7 heteroatoms. The molecular weight excluding hydrogens is 366 g/mol. The fourth-order valence-electron chi connectivity index (χ4n) is 3.60. The van der Waals surface area contributed by atoms with E-state index in [-0.39, 0.29) is 41.4 Å². The van der Waals surface area contributed by atoms with Crippen LogP contribution in [-0.4, -0.2) is 32.6 Å². The molecule has 2 aromatic carbocycles. The van der Waals surface area contributed by atoms with E-state index in [0.29, 0.717) is 13.0 Å². The molecule has 0 aliphatic heterocycles. The summed E-state index contributed by atoms with van der Waals surface area (Å²) in [5, 5.41) is 9.74. The van der Waals surface area contributed by atoms with Gasteiger partial charge in [-0.15, -0.1) is 0 Å². The second-order valence-corrected chi connectivity index (χ2v) is 8.39. The van der Waals surface area contributed by atoms with Crippen molar-refractivity contribution in [2.45, 2.75) is 30.6 Å². The molecule has 0 saturated heterocycles. The van der Waals surface area contributed by atoms with Crippen LogP contribution >= 0.6 is 0 Å². The van der Waals surface area contributed by atoms with Crippen LogP contribution in [0.4, 0.5) is 0 Å². The number of rotatable bonds is 7. The zero-order chi connectivity index (χ0) is 19.4. The molecule has 2 atom stereocenters. The molecule has 1 aliphatic rings. The van der Waals surface area contributed by atoms with Crippen LogP contribution in [0.15, 0.2) is 53.4 Å². The average molecular weight is 389 g/mol. The number of phenolic OH excluding ortho intramolecular Hbond substituents is 1. The molecule has 144 valence electrons. The molecule has 0 amide bonds. The lowest BCUT2D eigenvalue weighted by Crippen LogP contribution is -2.31. The second-order valence-electron chi connectivity index (χ2n) is 6.63. The van der Waals surface area contributed by atoms with Crippen molar-refractivity contribution >= 4 is 16.0 Å². The molecule has 0 fully saturated rings. The van der Waals surface area contributed by atoms with E-state index in [4.69, 9.17) is 4.74 Å². The lowest BCUT2D eigenvalue weighted by atomic mass is 9.89. The van der Waals surface area contributed by atoms with Crippen LogP contribution in [0, 0.1) is 5.92 Å². The molecule has 0 bridgehead atoms. The lowest BCUT2D eigenvalue weighted by molar-refractivity contribution is -0.143. The van der Waals surface area contributed by atoms with Gasteiger partial charge in [-0.3, -0.25) is 4.79 Å². The number of carbonyl (C=O) groups is 1. The molecule has 0 heterocycles. The Morgan fingerprint density at radius 2 is 1.96 bits per heavy atom. The maximum atomic E-state index is 12.5. The monoisotopic (exact) mass is 389 g/mol. The number of nitrogens with one attached hydrogen (secondary N) is 1. The van der Waals surface area contributed by atoms with Gasteiger partial charge in [-0.2, -0.15) is 0 Å². The number of phenols is 1. The Morgan fingerprint density at radius 1 is 1.22 bits per heavy atom. The Kier molecular flexibility index (Phi) is 5.82.